The highest BCUT2D eigenvalue weighted by atomic mass is 16.5. The van der Waals surface area contributed by atoms with Crippen molar-refractivity contribution in [1.82, 2.24) is 24.6 Å². The smallest absolute Gasteiger partial charge is 0.226 e. The zero-order valence-corrected chi connectivity index (χ0v) is 16.5. The first kappa shape index (κ1) is 18.6. The molecule has 0 spiro atoms. The number of hydrogen-bond donors (Lipinski definition) is 1. The molecule has 7 heteroatoms. The van der Waals surface area contributed by atoms with Gasteiger partial charge in [-0.05, 0) is 41.0 Å². The zero-order chi connectivity index (χ0) is 19.1. The number of aryl methyl sites for hydroxylation is 2. The summed E-state index contributed by atoms with van der Waals surface area (Å²) in [4.78, 5) is 17.3. The third-order valence-corrected chi connectivity index (χ3v) is 4.99. The van der Waals surface area contributed by atoms with E-state index in [4.69, 9.17) is 4.74 Å². The average Bonchev–Trinajstić information content (AvgIpc) is 3.24. The first-order valence-electron chi connectivity index (χ1n) is 9.14. The van der Waals surface area contributed by atoms with Crippen molar-refractivity contribution in [3.8, 4) is 0 Å². The largest absolute Gasteiger partial charge is 0.369 e. The van der Waals surface area contributed by atoms with Gasteiger partial charge in [-0.3, -0.25) is 9.48 Å². The molecule has 1 amide bonds. The van der Waals surface area contributed by atoms with E-state index in [0.29, 0.717) is 13.0 Å². The quantitative estimate of drug-likeness (QED) is 0.911. The maximum absolute atomic E-state index is 12.9. The van der Waals surface area contributed by atoms with Crippen LogP contribution in [0.25, 0.3) is 0 Å². The Labute approximate surface area is 154 Å². The normalized spacial score (nSPS) is 21.8. The van der Waals surface area contributed by atoms with Gasteiger partial charge < -0.3 is 14.6 Å². The predicted octanol–water partition coefficient (Wildman–Crippen LogP) is 2.64. The molecule has 0 aromatic carbocycles. The van der Waals surface area contributed by atoms with Crippen molar-refractivity contribution in [3.05, 3.63) is 35.7 Å². The minimum absolute atomic E-state index is 0.00547. The van der Waals surface area contributed by atoms with Gasteiger partial charge in [0.1, 0.15) is 11.9 Å². The molecule has 3 heterocycles. The standard InChI is InChI=1S/C19H29N5O2/c1-12(15-11-24(19(3,4)5)22-13(15)2)21-18(25)14-7-10-26-16(14)17-20-8-9-23(17)6/h8-9,11-12,14,16H,7,10H2,1-6H3,(H,21,25)/t12?,14-,16-/m1/s1. The molecule has 0 saturated carbocycles. The van der Waals surface area contributed by atoms with Crippen LogP contribution in [0.4, 0.5) is 0 Å². The number of carbonyl (C=O) groups is 1. The summed E-state index contributed by atoms with van der Waals surface area (Å²) in [5.74, 6) is 0.578. The fourth-order valence-corrected chi connectivity index (χ4v) is 3.40. The summed E-state index contributed by atoms with van der Waals surface area (Å²) < 4.78 is 9.68. The van der Waals surface area contributed by atoms with Crippen molar-refractivity contribution in [1.29, 1.82) is 0 Å². The van der Waals surface area contributed by atoms with E-state index < -0.39 is 0 Å². The summed E-state index contributed by atoms with van der Waals surface area (Å²) in [5, 5.41) is 7.75. The molecule has 1 aliphatic rings. The number of aromatic nitrogens is 4. The van der Waals surface area contributed by atoms with Gasteiger partial charge in [0.25, 0.3) is 0 Å². The van der Waals surface area contributed by atoms with Crippen LogP contribution in [-0.4, -0.2) is 31.8 Å². The van der Waals surface area contributed by atoms with Crippen LogP contribution >= 0.6 is 0 Å². The molecule has 3 atom stereocenters. The van der Waals surface area contributed by atoms with Crippen molar-refractivity contribution >= 4 is 5.91 Å². The topological polar surface area (TPSA) is 74.0 Å². The molecule has 7 nitrogen and oxygen atoms in total. The Bertz CT molecular complexity index is 786. The summed E-state index contributed by atoms with van der Waals surface area (Å²) in [5.41, 5.74) is 1.90. The summed E-state index contributed by atoms with van der Waals surface area (Å²) in [6.07, 6.45) is 6.05. The number of rotatable bonds is 4. The second-order valence-electron chi connectivity index (χ2n) is 8.10. The maximum atomic E-state index is 12.9. The first-order chi connectivity index (χ1) is 12.2. The third kappa shape index (κ3) is 3.53. The molecule has 1 aliphatic heterocycles. The van der Waals surface area contributed by atoms with E-state index in [-0.39, 0.29) is 29.5 Å². The molecule has 1 unspecified atom stereocenters. The van der Waals surface area contributed by atoms with Crippen molar-refractivity contribution in [2.45, 2.75) is 58.7 Å². The first-order valence-corrected chi connectivity index (χ1v) is 9.14. The molecule has 2 aromatic rings. The monoisotopic (exact) mass is 359 g/mol. The van der Waals surface area contributed by atoms with Gasteiger partial charge in [0.15, 0.2) is 0 Å². The van der Waals surface area contributed by atoms with Crippen molar-refractivity contribution in [2.24, 2.45) is 13.0 Å². The molecule has 1 N–H and O–H groups in total. The van der Waals surface area contributed by atoms with Crippen LogP contribution in [0.1, 0.15) is 63.3 Å². The van der Waals surface area contributed by atoms with Gasteiger partial charge in [-0.2, -0.15) is 5.10 Å². The van der Waals surface area contributed by atoms with Crippen molar-refractivity contribution in [2.75, 3.05) is 6.61 Å². The fourth-order valence-electron chi connectivity index (χ4n) is 3.40. The van der Waals surface area contributed by atoms with Crippen LogP contribution in [0.2, 0.25) is 0 Å². The van der Waals surface area contributed by atoms with Crippen LogP contribution in [0.3, 0.4) is 0 Å². The zero-order valence-electron chi connectivity index (χ0n) is 16.5. The number of nitrogens with one attached hydrogen (secondary N) is 1. The maximum Gasteiger partial charge on any atom is 0.226 e. The Balaban J connectivity index is 1.73. The minimum atomic E-state index is -0.291. The number of imidazole rings is 1. The lowest BCUT2D eigenvalue weighted by Crippen LogP contribution is -2.34. The Hall–Kier alpha value is -2.15. The van der Waals surface area contributed by atoms with Gasteiger partial charge in [0.05, 0.1) is 23.2 Å². The van der Waals surface area contributed by atoms with E-state index >= 15 is 0 Å². The number of nitrogens with zero attached hydrogens (tertiary/aromatic N) is 4. The Morgan fingerprint density at radius 2 is 2.15 bits per heavy atom. The molecule has 1 fully saturated rings. The van der Waals surface area contributed by atoms with Gasteiger partial charge in [-0.25, -0.2) is 4.98 Å². The highest BCUT2D eigenvalue weighted by Crippen LogP contribution is 2.34. The lowest BCUT2D eigenvalue weighted by molar-refractivity contribution is -0.127. The Kier molecular flexibility index (Phi) is 4.92. The van der Waals surface area contributed by atoms with Gasteiger partial charge in [0, 0.05) is 37.8 Å². The van der Waals surface area contributed by atoms with Crippen LogP contribution in [-0.2, 0) is 22.1 Å². The van der Waals surface area contributed by atoms with Crippen LogP contribution in [0.5, 0.6) is 0 Å². The van der Waals surface area contributed by atoms with Crippen LogP contribution in [0.15, 0.2) is 18.6 Å². The van der Waals surface area contributed by atoms with Crippen LogP contribution in [0, 0.1) is 12.8 Å². The summed E-state index contributed by atoms with van der Waals surface area (Å²) in [6.45, 7) is 10.9. The number of ether oxygens (including phenoxy) is 1. The van der Waals surface area contributed by atoms with E-state index in [1.54, 1.807) is 6.20 Å². The lowest BCUT2D eigenvalue weighted by Gasteiger charge is -2.21. The average molecular weight is 359 g/mol. The molecule has 2 aromatic heterocycles. The minimum Gasteiger partial charge on any atom is -0.369 e. The fraction of sp³-hybridized carbons (Fsp3) is 0.632. The summed E-state index contributed by atoms with van der Waals surface area (Å²) in [7, 11) is 1.92. The molecule has 0 bridgehead atoms. The van der Waals surface area contributed by atoms with Gasteiger partial charge in [-0.1, -0.05) is 0 Å². The number of amides is 1. The predicted molar refractivity (Wildman–Crippen MR) is 98.5 cm³/mol. The number of carbonyl (C=O) groups excluding carboxylic acids is 1. The van der Waals surface area contributed by atoms with Gasteiger partial charge in [0.2, 0.25) is 5.91 Å². The SMILES string of the molecule is Cc1nn(C(C)(C)C)cc1C(C)NC(=O)[C@@H]1CCO[C@H]1c1nccn1C. The molecule has 0 aliphatic carbocycles. The number of hydrogen-bond acceptors (Lipinski definition) is 4. The second-order valence-corrected chi connectivity index (χ2v) is 8.10. The van der Waals surface area contributed by atoms with Crippen molar-refractivity contribution < 1.29 is 9.53 Å². The van der Waals surface area contributed by atoms with Gasteiger partial charge >= 0.3 is 0 Å². The third-order valence-electron chi connectivity index (χ3n) is 4.99. The summed E-state index contributed by atoms with van der Waals surface area (Å²) in [6, 6.07) is -0.110. The molecule has 142 valence electrons. The van der Waals surface area contributed by atoms with E-state index in [1.807, 2.05) is 42.5 Å². The van der Waals surface area contributed by atoms with Crippen LogP contribution < -0.4 is 5.32 Å². The van der Waals surface area contributed by atoms with E-state index in [2.05, 4.69) is 36.2 Å². The second kappa shape index (κ2) is 6.87. The van der Waals surface area contributed by atoms with Gasteiger partial charge in [-0.15, -0.1) is 0 Å². The summed E-state index contributed by atoms with van der Waals surface area (Å²) >= 11 is 0. The Morgan fingerprint density at radius 3 is 2.73 bits per heavy atom. The van der Waals surface area contributed by atoms with Crippen molar-refractivity contribution in [3.63, 3.8) is 0 Å². The molecule has 26 heavy (non-hydrogen) atoms. The molecular weight excluding hydrogens is 330 g/mol. The van der Waals surface area contributed by atoms with E-state index in [0.717, 1.165) is 17.1 Å². The van der Waals surface area contributed by atoms with E-state index in [1.165, 1.54) is 0 Å². The molecule has 0 radical (unpaired) electrons. The molecular formula is C19H29N5O2. The molecule has 3 rings (SSSR count). The highest BCUT2D eigenvalue weighted by molar-refractivity contribution is 5.80. The molecule has 1 saturated heterocycles. The lowest BCUT2D eigenvalue weighted by atomic mass is 9.98. The van der Waals surface area contributed by atoms with E-state index in [9.17, 15) is 4.79 Å². The Morgan fingerprint density at radius 1 is 1.42 bits per heavy atom. The highest BCUT2D eigenvalue weighted by Gasteiger charge is 2.38.